The number of rotatable bonds is 7. The standard InChI is InChI=1S/C16H23NO4/c18-15(19)9-8-13(11-12-5-2-1-3-6-12)17-16(20)14-7-4-10-21-14/h4,7,10,12-13H,1-3,5-6,8-9,11H2,(H,17,20)(H,18,19). The van der Waals surface area contributed by atoms with Crippen molar-refractivity contribution in [3.05, 3.63) is 24.2 Å². The third kappa shape index (κ3) is 5.25. The lowest BCUT2D eigenvalue weighted by molar-refractivity contribution is -0.137. The first-order chi connectivity index (χ1) is 10.1. The van der Waals surface area contributed by atoms with Crippen LogP contribution >= 0.6 is 0 Å². The summed E-state index contributed by atoms with van der Waals surface area (Å²) in [5.41, 5.74) is 0. The van der Waals surface area contributed by atoms with Crippen molar-refractivity contribution in [2.24, 2.45) is 5.92 Å². The average molecular weight is 293 g/mol. The van der Waals surface area contributed by atoms with Gasteiger partial charge in [-0.1, -0.05) is 32.1 Å². The van der Waals surface area contributed by atoms with E-state index in [1.165, 1.54) is 38.4 Å². The molecular formula is C16H23NO4. The molecule has 0 spiro atoms. The van der Waals surface area contributed by atoms with E-state index in [0.717, 1.165) is 6.42 Å². The van der Waals surface area contributed by atoms with E-state index >= 15 is 0 Å². The number of hydrogen-bond donors (Lipinski definition) is 2. The number of carboxylic acid groups (broad SMARTS) is 1. The number of furan rings is 1. The number of carboxylic acids is 1. The molecule has 1 aromatic rings. The van der Waals surface area contributed by atoms with Gasteiger partial charge in [-0.15, -0.1) is 0 Å². The minimum Gasteiger partial charge on any atom is -0.481 e. The molecule has 0 aromatic carbocycles. The van der Waals surface area contributed by atoms with Crippen molar-refractivity contribution in [3.63, 3.8) is 0 Å². The Bertz CT molecular complexity index is 449. The molecule has 1 amide bonds. The molecule has 116 valence electrons. The summed E-state index contributed by atoms with van der Waals surface area (Å²) in [6, 6.07) is 3.19. The summed E-state index contributed by atoms with van der Waals surface area (Å²) in [6.45, 7) is 0. The molecule has 1 atom stereocenters. The van der Waals surface area contributed by atoms with Crippen LogP contribution in [0.3, 0.4) is 0 Å². The van der Waals surface area contributed by atoms with E-state index in [-0.39, 0.29) is 24.1 Å². The van der Waals surface area contributed by atoms with Gasteiger partial charge in [0.15, 0.2) is 5.76 Å². The average Bonchev–Trinajstić information content (AvgIpc) is 3.00. The van der Waals surface area contributed by atoms with Crippen molar-refractivity contribution in [1.82, 2.24) is 5.32 Å². The van der Waals surface area contributed by atoms with Gasteiger partial charge in [-0.25, -0.2) is 0 Å². The second kappa shape index (κ2) is 7.86. The van der Waals surface area contributed by atoms with E-state index in [1.54, 1.807) is 12.1 Å². The largest absolute Gasteiger partial charge is 0.481 e. The number of carbonyl (C=O) groups is 2. The predicted octanol–water partition coefficient (Wildman–Crippen LogP) is 3.21. The maximum atomic E-state index is 12.1. The van der Waals surface area contributed by atoms with E-state index < -0.39 is 5.97 Å². The molecule has 5 heteroatoms. The highest BCUT2D eigenvalue weighted by Crippen LogP contribution is 2.28. The fraction of sp³-hybridized carbons (Fsp3) is 0.625. The summed E-state index contributed by atoms with van der Waals surface area (Å²) in [6.07, 6.45) is 9.00. The van der Waals surface area contributed by atoms with Gasteiger partial charge >= 0.3 is 5.97 Å². The van der Waals surface area contributed by atoms with Crippen molar-refractivity contribution >= 4 is 11.9 Å². The van der Waals surface area contributed by atoms with Crippen molar-refractivity contribution in [2.75, 3.05) is 0 Å². The maximum Gasteiger partial charge on any atom is 0.303 e. The Morgan fingerprint density at radius 2 is 2.10 bits per heavy atom. The van der Waals surface area contributed by atoms with Crippen LogP contribution in [0.1, 0.15) is 61.9 Å². The van der Waals surface area contributed by atoms with Crippen LogP contribution in [0.4, 0.5) is 0 Å². The van der Waals surface area contributed by atoms with Gasteiger partial charge in [-0.05, 0) is 30.9 Å². The van der Waals surface area contributed by atoms with Crippen LogP contribution in [0.25, 0.3) is 0 Å². The van der Waals surface area contributed by atoms with Gasteiger partial charge in [0.1, 0.15) is 0 Å². The normalized spacial score (nSPS) is 17.3. The molecule has 1 saturated carbocycles. The highest BCUT2D eigenvalue weighted by molar-refractivity contribution is 5.91. The quantitative estimate of drug-likeness (QED) is 0.809. The monoisotopic (exact) mass is 293 g/mol. The number of hydrogen-bond acceptors (Lipinski definition) is 3. The van der Waals surface area contributed by atoms with Crippen LogP contribution in [0.2, 0.25) is 0 Å². The van der Waals surface area contributed by atoms with Crippen LogP contribution in [0.5, 0.6) is 0 Å². The van der Waals surface area contributed by atoms with Crippen LogP contribution in [-0.4, -0.2) is 23.0 Å². The molecule has 1 fully saturated rings. The first kappa shape index (κ1) is 15.6. The third-order valence-corrected chi connectivity index (χ3v) is 4.13. The first-order valence-electron chi connectivity index (χ1n) is 7.71. The molecule has 21 heavy (non-hydrogen) atoms. The SMILES string of the molecule is O=C(O)CCC(CC1CCCCC1)NC(=O)c1ccco1. The van der Waals surface area contributed by atoms with Crippen molar-refractivity contribution in [2.45, 2.75) is 57.4 Å². The smallest absolute Gasteiger partial charge is 0.303 e. The summed E-state index contributed by atoms with van der Waals surface area (Å²) in [4.78, 5) is 22.8. The highest BCUT2D eigenvalue weighted by Gasteiger charge is 2.22. The Labute approximate surface area is 124 Å². The maximum absolute atomic E-state index is 12.1. The molecule has 0 bridgehead atoms. The van der Waals surface area contributed by atoms with Crippen LogP contribution in [-0.2, 0) is 4.79 Å². The second-order valence-electron chi connectivity index (χ2n) is 5.82. The third-order valence-electron chi connectivity index (χ3n) is 4.13. The van der Waals surface area contributed by atoms with Gasteiger partial charge in [-0.3, -0.25) is 9.59 Å². The zero-order valence-corrected chi connectivity index (χ0v) is 12.2. The predicted molar refractivity (Wildman–Crippen MR) is 78.0 cm³/mol. The Morgan fingerprint density at radius 1 is 1.33 bits per heavy atom. The summed E-state index contributed by atoms with van der Waals surface area (Å²) < 4.78 is 5.08. The highest BCUT2D eigenvalue weighted by atomic mass is 16.4. The Kier molecular flexibility index (Phi) is 5.84. The Balaban J connectivity index is 1.90. The number of carbonyl (C=O) groups excluding carboxylic acids is 1. The molecule has 0 radical (unpaired) electrons. The van der Waals surface area contributed by atoms with Gasteiger partial charge in [-0.2, -0.15) is 0 Å². The minimum atomic E-state index is -0.823. The van der Waals surface area contributed by atoms with E-state index in [0.29, 0.717) is 12.3 Å². The van der Waals surface area contributed by atoms with E-state index in [9.17, 15) is 9.59 Å². The lowest BCUT2D eigenvalue weighted by Crippen LogP contribution is -2.37. The lowest BCUT2D eigenvalue weighted by Gasteiger charge is -2.26. The summed E-state index contributed by atoms with van der Waals surface area (Å²) in [5, 5.41) is 11.8. The van der Waals surface area contributed by atoms with Crippen LogP contribution < -0.4 is 5.32 Å². The first-order valence-corrected chi connectivity index (χ1v) is 7.71. The Hall–Kier alpha value is -1.78. The molecule has 2 rings (SSSR count). The molecule has 0 saturated heterocycles. The fourth-order valence-electron chi connectivity index (χ4n) is 3.04. The van der Waals surface area contributed by atoms with E-state index in [4.69, 9.17) is 9.52 Å². The zero-order valence-electron chi connectivity index (χ0n) is 12.2. The van der Waals surface area contributed by atoms with Gasteiger partial charge in [0.25, 0.3) is 5.91 Å². The lowest BCUT2D eigenvalue weighted by atomic mass is 9.84. The van der Waals surface area contributed by atoms with Crippen LogP contribution in [0.15, 0.2) is 22.8 Å². The van der Waals surface area contributed by atoms with E-state index in [2.05, 4.69) is 5.32 Å². The molecule has 1 aliphatic carbocycles. The fourth-order valence-corrected chi connectivity index (χ4v) is 3.04. The topological polar surface area (TPSA) is 79.5 Å². The van der Waals surface area contributed by atoms with Gasteiger partial charge < -0.3 is 14.8 Å². The summed E-state index contributed by atoms with van der Waals surface area (Å²) in [7, 11) is 0. The molecule has 1 heterocycles. The minimum absolute atomic E-state index is 0.0792. The Morgan fingerprint density at radius 3 is 2.71 bits per heavy atom. The van der Waals surface area contributed by atoms with Crippen molar-refractivity contribution in [1.29, 1.82) is 0 Å². The molecular weight excluding hydrogens is 270 g/mol. The molecule has 1 aliphatic rings. The summed E-state index contributed by atoms with van der Waals surface area (Å²) in [5.74, 6) is -0.212. The second-order valence-corrected chi connectivity index (χ2v) is 5.82. The molecule has 1 aromatic heterocycles. The van der Waals surface area contributed by atoms with Crippen molar-refractivity contribution < 1.29 is 19.1 Å². The number of nitrogens with one attached hydrogen (secondary N) is 1. The zero-order chi connectivity index (χ0) is 15.1. The van der Waals surface area contributed by atoms with Gasteiger partial charge in [0, 0.05) is 12.5 Å². The molecule has 5 nitrogen and oxygen atoms in total. The summed E-state index contributed by atoms with van der Waals surface area (Å²) >= 11 is 0. The molecule has 1 unspecified atom stereocenters. The van der Waals surface area contributed by atoms with Crippen molar-refractivity contribution in [3.8, 4) is 0 Å². The number of aliphatic carboxylic acids is 1. The molecule has 0 aliphatic heterocycles. The van der Waals surface area contributed by atoms with Gasteiger partial charge in [0.05, 0.1) is 6.26 Å². The number of amides is 1. The van der Waals surface area contributed by atoms with E-state index in [1.807, 2.05) is 0 Å². The van der Waals surface area contributed by atoms with Crippen LogP contribution in [0, 0.1) is 5.92 Å². The molecule has 2 N–H and O–H groups in total. The van der Waals surface area contributed by atoms with Gasteiger partial charge in [0.2, 0.25) is 0 Å².